The highest BCUT2D eigenvalue weighted by Crippen LogP contribution is 2.23. The molecule has 0 aliphatic heterocycles. The van der Waals surface area contributed by atoms with Gasteiger partial charge in [0.2, 0.25) is 0 Å². The second-order valence-electron chi connectivity index (χ2n) is 3.43. The lowest BCUT2D eigenvalue weighted by Crippen LogP contribution is -2.36. The summed E-state index contributed by atoms with van der Waals surface area (Å²) in [6, 6.07) is 2.07. The molecule has 13 heavy (non-hydrogen) atoms. The fourth-order valence-corrected chi connectivity index (χ4v) is 1.88. The van der Waals surface area contributed by atoms with E-state index in [2.05, 4.69) is 16.4 Å². The third-order valence-electron chi connectivity index (χ3n) is 1.76. The Morgan fingerprint density at radius 1 is 1.69 bits per heavy atom. The first kappa shape index (κ1) is 10.2. The molecule has 0 bridgehead atoms. The molecule has 0 unspecified atom stereocenters. The number of hydrogen-bond acceptors (Lipinski definition) is 4. The zero-order chi connectivity index (χ0) is 9.90. The summed E-state index contributed by atoms with van der Waals surface area (Å²) in [6.07, 6.45) is 0. The van der Waals surface area contributed by atoms with Crippen LogP contribution < -0.4 is 5.32 Å². The molecule has 0 fully saturated rings. The van der Waals surface area contributed by atoms with Crippen LogP contribution in [-0.2, 0) is 5.54 Å². The van der Waals surface area contributed by atoms with Gasteiger partial charge in [-0.3, -0.25) is 5.32 Å². The summed E-state index contributed by atoms with van der Waals surface area (Å²) < 4.78 is 0. The molecule has 0 saturated heterocycles. The number of nitrogens with one attached hydrogen (secondary N) is 1. The maximum Gasteiger partial charge on any atom is 0.112 e. The van der Waals surface area contributed by atoms with E-state index in [4.69, 9.17) is 5.26 Å². The SMILES string of the molecule is Cc1csc(C(C)(C)NCC#N)n1. The first-order valence-electron chi connectivity index (χ1n) is 4.11. The Kier molecular flexibility index (Phi) is 3.02. The van der Waals surface area contributed by atoms with Crippen LogP contribution in [0.5, 0.6) is 0 Å². The van der Waals surface area contributed by atoms with Crippen molar-refractivity contribution in [1.29, 1.82) is 5.26 Å². The van der Waals surface area contributed by atoms with Crippen molar-refractivity contribution < 1.29 is 0 Å². The van der Waals surface area contributed by atoms with E-state index >= 15 is 0 Å². The Labute approximate surface area is 82.4 Å². The van der Waals surface area contributed by atoms with Gasteiger partial charge < -0.3 is 0 Å². The molecular weight excluding hydrogens is 182 g/mol. The van der Waals surface area contributed by atoms with Crippen molar-refractivity contribution in [1.82, 2.24) is 10.3 Å². The lowest BCUT2D eigenvalue weighted by atomic mass is 10.1. The fourth-order valence-electron chi connectivity index (χ4n) is 0.977. The van der Waals surface area contributed by atoms with Gasteiger partial charge in [0.25, 0.3) is 0 Å². The highest BCUT2D eigenvalue weighted by molar-refractivity contribution is 7.09. The molecule has 0 aromatic carbocycles. The van der Waals surface area contributed by atoms with Crippen LogP contribution in [0.3, 0.4) is 0 Å². The second-order valence-corrected chi connectivity index (χ2v) is 4.29. The first-order chi connectivity index (χ1) is 6.06. The maximum atomic E-state index is 8.45. The van der Waals surface area contributed by atoms with Gasteiger partial charge in [0.15, 0.2) is 0 Å². The fraction of sp³-hybridized carbons (Fsp3) is 0.556. The molecule has 3 nitrogen and oxygen atoms in total. The lowest BCUT2D eigenvalue weighted by molar-refractivity contribution is 0.425. The highest BCUT2D eigenvalue weighted by Gasteiger charge is 2.22. The van der Waals surface area contributed by atoms with Gasteiger partial charge in [-0.15, -0.1) is 11.3 Å². The molecule has 1 aromatic heterocycles. The van der Waals surface area contributed by atoms with E-state index in [0.717, 1.165) is 10.7 Å². The summed E-state index contributed by atoms with van der Waals surface area (Å²) in [5.74, 6) is 0. The smallest absolute Gasteiger partial charge is 0.112 e. The molecule has 0 aliphatic carbocycles. The zero-order valence-corrected chi connectivity index (χ0v) is 8.90. The zero-order valence-electron chi connectivity index (χ0n) is 8.09. The summed E-state index contributed by atoms with van der Waals surface area (Å²) in [6.45, 7) is 6.39. The minimum absolute atomic E-state index is 0.200. The Hall–Kier alpha value is -0.920. The van der Waals surface area contributed by atoms with E-state index in [1.54, 1.807) is 11.3 Å². The van der Waals surface area contributed by atoms with Gasteiger partial charge in [-0.2, -0.15) is 5.26 Å². The summed E-state index contributed by atoms with van der Waals surface area (Å²) in [4.78, 5) is 4.38. The largest absolute Gasteiger partial charge is 0.293 e. The quantitative estimate of drug-likeness (QED) is 0.748. The van der Waals surface area contributed by atoms with Gasteiger partial charge in [-0.05, 0) is 20.8 Å². The molecule has 0 spiro atoms. The van der Waals surface area contributed by atoms with Crippen LogP contribution in [0.4, 0.5) is 0 Å². The van der Waals surface area contributed by atoms with Crippen LogP contribution in [0.2, 0.25) is 0 Å². The summed E-state index contributed by atoms with van der Waals surface area (Å²) in [5.41, 5.74) is 0.834. The van der Waals surface area contributed by atoms with Crippen molar-refractivity contribution in [3.63, 3.8) is 0 Å². The molecule has 1 heterocycles. The monoisotopic (exact) mass is 195 g/mol. The van der Waals surface area contributed by atoms with Gasteiger partial charge in [0.1, 0.15) is 5.01 Å². The maximum absolute atomic E-state index is 8.45. The molecule has 4 heteroatoms. The summed E-state index contributed by atoms with van der Waals surface area (Å²) >= 11 is 1.62. The predicted molar refractivity (Wildman–Crippen MR) is 53.5 cm³/mol. The van der Waals surface area contributed by atoms with Crippen molar-refractivity contribution in [2.45, 2.75) is 26.3 Å². The van der Waals surface area contributed by atoms with Crippen molar-refractivity contribution in [2.24, 2.45) is 0 Å². The number of aromatic nitrogens is 1. The number of nitriles is 1. The number of aryl methyl sites for hydroxylation is 1. The number of rotatable bonds is 3. The summed E-state index contributed by atoms with van der Waals surface area (Å²) in [5, 5.41) is 14.6. The van der Waals surface area contributed by atoms with E-state index in [-0.39, 0.29) is 5.54 Å². The molecule has 1 aromatic rings. The van der Waals surface area contributed by atoms with Crippen LogP contribution in [0, 0.1) is 18.3 Å². The van der Waals surface area contributed by atoms with Crippen LogP contribution >= 0.6 is 11.3 Å². The van der Waals surface area contributed by atoms with Gasteiger partial charge in [-0.25, -0.2) is 4.98 Å². The third-order valence-corrected chi connectivity index (χ3v) is 3.05. The van der Waals surface area contributed by atoms with E-state index < -0.39 is 0 Å². The molecule has 1 N–H and O–H groups in total. The van der Waals surface area contributed by atoms with Crippen LogP contribution in [0.25, 0.3) is 0 Å². The molecule has 70 valence electrons. The lowest BCUT2D eigenvalue weighted by Gasteiger charge is -2.21. The second kappa shape index (κ2) is 3.86. The van der Waals surface area contributed by atoms with Gasteiger partial charge in [0.05, 0.1) is 18.2 Å². The molecule has 0 radical (unpaired) electrons. The van der Waals surface area contributed by atoms with Crippen LogP contribution in [-0.4, -0.2) is 11.5 Å². The molecule has 1 rings (SSSR count). The minimum atomic E-state index is -0.200. The van der Waals surface area contributed by atoms with Crippen molar-refractivity contribution in [3.05, 3.63) is 16.1 Å². The Morgan fingerprint density at radius 2 is 2.38 bits per heavy atom. The topological polar surface area (TPSA) is 48.7 Å². The Balaban J connectivity index is 2.75. The van der Waals surface area contributed by atoms with E-state index in [9.17, 15) is 0 Å². The van der Waals surface area contributed by atoms with Crippen molar-refractivity contribution in [3.8, 4) is 6.07 Å². The number of thiazole rings is 1. The van der Waals surface area contributed by atoms with Crippen LogP contribution in [0.1, 0.15) is 24.5 Å². The normalized spacial score (nSPS) is 11.2. The third kappa shape index (κ3) is 2.51. The predicted octanol–water partition coefficient (Wildman–Crippen LogP) is 1.80. The van der Waals surface area contributed by atoms with Crippen LogP contribution in [0.15, 0.2) is 5.38 Å². The van der Waals surface area contributed by atoms with Gasteiger partial charge in [-0.1, -0.05) is 0 Å². The minimum Gasteiger partial charge on any atom is -0.293 e. The Morgan fingerprint density at radius 3 is 2.85 bits per heavy atom. The molecule has 0 saturated carbocycles. The number of hydrogen-bond donors (Lipinski definition) is 1. The molecule has 0 amide bonds. The molecular formula is C9H13N3S. The van der Waals surface area contributed by atoms with E-state index in [1.807, 2.05) is 26.2 Å². The number of nitrogens with zero attached hydrogens (tertiary/aromatic N) is 2. The average Bonchev–Trinajstić information content (AvgIpc) is 2.49. The first-order valence-corrected chi connectivity index (χ1v) is 4.99. The highest BCUT2D eigenvalue weighted by atomic mass is 32.1. The summed E-state index contributed by atoms with van der Waals surface area (Å²) in [7, 11) is 0. The average molecular weight is 195 g/mol. The van der Waals surface area contributed by atoms with E-state index in [0.29, 0.717) is 6.54 Å². The molecule has 0 aliphatic rings. The Bertz CT molecular complexity index is 322. The van der Waals surface area contributed by atoms with E-state index in [1.165, 1.54) is 0 Å². The van der Waals surface area contributed by atoms with Gasteiger partial charge >= 0.3 is 0 Å². The molecule has 0 atom stereocenters. The van der Waals surface area contributed by atoms with Crippen molar-refractivity contribution in [2.75, 3.05) is 6.54 Å². The van der Waals surface area contributed by atoms with Crippen molar-refractivity contribution >= 4 is 11.3 Å². The standard InChI is InChI=1S/C9H13N3S/c1-7-6-13-8(12-7)9(2,3)11-5-4-10/h6,11H,5H2,1-3H3. The van der Waals surface area contributed by atoms with Gasteiger partial charge in [0, 0.05) is 11.1 Å².